The van der Waals surface area contributed by atoms with Crippen molar-refractivity contribution >= 4 is 43.1 Å². The van der Waals surface area contributed by atoms with Gasteiger partial charge in [0.05, 0.1) is 10.6 Å². The summed E-state index contributed by atoms with van der Waals surface area (Å²) in [5.74, 6) is -0.125. The topological polar surface area (TPSA) is 63.2 Å². The number of fused-ring (bicyclic) bond motifs is 1. The summed E-state index contributed by atoms with van der Waals surface area (Å²) in [6, 6.07) is 13.7. The van der Waals surface area contributed by atoms with E-state index < -0.39 is 14.3 Å². The predicted molar refractivity (Wildman–Crippen MR) is 83.2 cm³/mol. The molecule has 0 aliphatic carbocycles. The van der Waals surface area contributed by atoms with E-state index in [4.69, 9.17) is 10.7 Å². The zero-order valence-electron chi connectivity index (χ0n) is 10.6. The molecule has 2 aromatic rings. The van der Waals surface area contributed by atoms with Crippen LogP contribution in [0.3, 0.4) is 0 Å². The molecule has 2 aromatic carbocycles. The zero-order valence-corrected chi connectivity index (χ0v) is 13.0. The molecule has 7 heteroatoms. The molecule has 0 aromatic heterocycles. The Bertz CT molecular complexity index is 806. The highest BCUT2D eigenvalue weighted by molar-refractivity contribution is 8.13. The van der Waals surface area contributed by atoms with Crippen LogP contribution in [-0.2, 0) is 13.8 Å². The fourth-order valence-corrected chi connectivity index (χ4v) is 4.09. The fourth-order valence-electron chi connectivity index (χ4n) is 2.08. The Morgan fingerprint density at radius 1 is 1.10 bits per heavy atom. The van der Waals surface area contributed by atoms with Crippen molar-refractivity contribution in [2.24, 2.45) is 0 Å². The van der Waals surface area contributed by atoms with Gasteiger partial charge >= 0.3 is 0 Å². The molecule has 0 radical (unpaired) electrons. The first kappa shape index (κ1) is 14.4. The van der Waals surface area contributed by atoms with Crippen molar-refractivity contribution in [2.45, 2.75) is 15.0 Å². The summed E-state index contributed by atoms with van der Waals surface area (Å²) in [7, 11) is 1.57. The average Bonchev–Trinajstić information content (AvgIpc) is 2.46. The Labute approximate surface area is 130 Å². The number of thioether (sulfide) groups is 1. The number of anilines is 1. The van der Waals surface area contributed by atoms with Gasteiger partial charge in [-0.2, -0.15) is 0 Å². The van der Waals surface area contributed by atoms with E-state index in [0.29, 0.717) is 10.6 Å². The van der Waals surface area contributed by atoms with Crippen LogP contribution >= 0.6 is 22.4 Å². The molecule has 0 saturated heterocycles. The third kappa shape index (κ3) is 2.92. The monoisotopic (exact) mass is 339 g/mol. The van der Waals surface area contributed by atoms with Gasteiger partial charge in [-0.15, -0.1) is 11.8 Å². The minimum Gasteiger partial charge on any atom is -0.324 e. The second-order valence-electron chi connectivity index (χ2n) is 4.49. The van der Waals surface area contributed by atoms with Crippen LogP contribution in [0, 0.1) is 0 Å². The molecule has 0 spiro atoms. The lowest BCUT2D eigenvalue weighted by Gasteiger charge is -2.24. The molecule has 1 heterocycles. The standard InChI is InChI=1S/C14H10ClNO3S2/c15-21(18,19)10-6-7-11-12(8-10)20-13(14(17)16-11)9-4-2-1-3-5-9/h1-8,13H,(H,16,17). The number of hydrogen-bond donors (Lipinski definition) is 1. The highest BCUT2D eigenvalue weighted by atomic mass is 35.7. The summed E-state index contributed by atoms with van der Waals surface area (Å²) in [6.07, 6.45) is 0. The number of carbonyl (C=O) groups excluding carboxylic acids is 1. The maximum atomic E-state index is 12.2. The van der Waals surface area contributed by atoms with E-state index >= 15 is 0 Å². The van der Waals surface area contributed by atoms with Gasteiger partial charge in [0, 0.05) is 15.6 Å². The molecule has 0 bridgehead atoms. The first-order valence-electron chi connectivity index (χ1n) is 6.06. The number of hydrogen-bond acceptors (Lipinski definition) is 4. The molecular formula is C14H10ClNO3S2. The van der Waals surface area contributed by atoms with E-state index in [1.165, 1.54) is 23.9 Å². The van der Waals surface area contributed by atoms with Crippen LogP contribution in [0.1, 0.15) is 10.8 Å². The van der Waals surface area contributed by atoms with Crippen molar-refractivity contribution in [1.82, 2.24) is 0 Å². The molecule has 1 N–H and O–H groups in total. The van der Waals surface area contributed by atoms with Gasteiger partial charge in [0.1, 0.15) is 5.25 Å². The van der Waals surface area contributed by atoms with Gasteiger partial charge in [0.2, 0.25) is 5.91 Å². The Morgan fingerprint density at radius 3 is 2.48 bits per heavy atom. The van der Waals surface area contributed by atoms with Crippen molar-refractivity contribution in [2.75, 3.05) is 5.32 Å². The van der Waals surface area contributed by atoms with Gasteiger partial charge in [-0.3, -0.25) is 4.79 Å². The number of rotatable bonds is 2. The minimum atomic E-state index is -3.79. The van der Waals surface area contributed by atoms with E-state index in [1.54, 1.807) is 6.07 Å². The van der Waals surface area contributed by atoms with E-state index in [1.807, 2.05) is 30.3 Å². The molecule has 3 rings (SSSR count). The van der Waals surface area contributed by atoms with Crippen molar-refractivity contribution in [3.63, 3.8) is 0 Å². The number of benzene rings is 2. The second kappa shape index (κ2) is 5.36. The Hall–Kier alpha value is -1.50. The normalized spacial score (nSPS) is 18.0. The lowest BCUT2D eigenvalue weighted by atomic mass is 10.1. The van der Waals surface area contributed by atoms with Crippen LogP contribution in [0.15, 0.2) is 58.3 Å². The lowest BCUT2D eigenvalue weighted by Crippen LogP contribution is -2.23. The third-order valence-corrected chi connectivity index (χ3v) is 5.74. The lowest BCUT2D eigenvalue weighted by molar-refractivity contribution is -0.115. The van der Waals surface area contributed by atoms with Crippen LogP contribution in [-0.4, -0.2) is 14.3 Å². The van der Waals surface area contributed by atoms with Gasteiger partial charge in [0.15, 0.2) is 0 Å². The van der Waals surface area contributed by atoms with Crippen molar-refractivity contribution in [3.8, 4) is 0 Å². The highest BCUT2D eigenvalue weighted by Crippen LogP contribution is 2.44. The fraction of sp³-hybridized carbons (Fsp3) is 0.0714. The maximum absolute atomic E-state index is 12.2. The molecule has 1 aliphatic heterocycles. The van der Waals surface area contributed by atoms with E-state index in [0.717, 1.165) is 5.56 Å². The first-order chi connectivity index (χ1) is 9.95. The molecule has 108 valence electrons. The average molecular weight is 340 g/mol. The molecule has 1 unspecified atom stereocenters. The molecule has 4 nitrogen and oxygen atoms in total. The zero-order chi connectivity index (χ0) is 15.0. The third-order valence-electron chi connectivity index (χ3n) is 3.08. The number of amides is 1. The molecular weight excluding hydrogens is 330 g/mol. The molecule has 1 amide bonds. The minimum absolute atomic E-state index is 0.0263. The molecule has 0 saturated carbocycles. The number of carbonyl (C=O) groups is 1. The van der Waals surface area contributed by atoms with Gasteiger partial charge in [-0.1, -0.05) is 30.3 Å². The number of nitrogens with one attached hydrogen (secondary N) is 1. The van der Waals surface area contributed by atoms with Crippen molar-refractivity contribution in [3.05, 3.63) is 54.1 Å². The smallest absolute Gasteiger partial charge is 0.261 e. The summed E-state index contributed by atoms with van der Waals surface area (Å²) in [5.41, 5.74) is 1.46. The first-order valence-corrected chi connectivity index (χ1v) is 9.25. The summed E-state index contributed by atoms with van der Waals surface area (Å²) in [5, 5.41) is 2.38. The van der Waals surface area contributed by atoms with Crippen LogP contribution in [0.2, 0.25) is 0 Å². The highest BCUT2D eigenvalue weighted by Gasteiger charge is 2.29. The van der Waals surface area contributed by atoms with Crippen molar-refractivity contribution in [1.29, 1.82) is 0 Å². The Kier molecular flexibility index (Phi) is 3.69. The second-order valence-corrected chi connectivity index (χ2v) is 8.21. The van der Waals surface area contributed by atoms with Gasteiger partial charge < -0.3 is 5.32 Å². The van der Waals surface area contributed by atoms with Gasteiger partial charge in [0.25, 0.3) is 9.05 Å². The van der Waals surface area contributed by atoms with E-state index in [9.17, 15) is 13.2 Å². The molecule has 21 heavy (non-hydrogen) atoms. The van der Waals surface area contributed by atoms with E-state index in [-0.39, 0.29) is 10.8 Å². The summed E-state index contributed by atoms with van der Waals surface area (Å²) < 4.78 is 22.8. The van der Waals surface area contributed by atoms with Crippen LogP contribution in [0.4, 0.5) is 5.69 Å². The van der Waals surface area contributed by atoms with Crippen LogP contribution < -0.4 is 5.32 Å². The van der Waals surface area contributed by atoms with Crippen LogP contribution in [0.25, 0.3) is 0 Å². The summed E-state index contributed by atoms with van der Waals surface area (Å²) in [6.45, 7) is 0. The summed E-state index contributed by atoms with van der Waals surface area (Å²) in [4.78, 5) is 12.9. The Morgan fingerprint density at radius 2 is 1.81 bits per heavy atom. The van der Waals surface area contributed by atoms with E-state index in [2.05, 4.69) is 5.32 Å². The largest absolute Gasteiger partial charge is 0.324 e. The van der Waals surface area contributed by atoms with Gasteiger partial charge in [-0.25, -0.2) is 8.42 Å². The quantitative estimate of drug-likeness (QED) is 0.852. The predicted octanol–water partition coefficient (Wildman–Crippen LogP) is 3.40. The van der Waals surface area contributed by atoms with Crippen molar-refractivity contribution < 1.29 is 13.2 Å². The SMILES string of the molecule is O=C1Nc2ccc(S(=O)(=O)Cl)cc2SC1c1ccccc1. The maximum Gasteiger partial charge on any atom is 0.261 e. The number of halogens is 1. The Balaban J connectivity index is 2.01. The van der Waals surface area contributed by atoms with Gasteiger partial charge in [-0.05, 0) is 23.8 Å². The van der Waals surface area contributed by atoms with Crippen LogP contribution in [0.5, 0.6) is 0 Å². The summed E-state index contributed by atoms with van der Waals surface area (Å²) >= 11 is 1.31. The molecule has 0 fully saturated rings. The molecule has 1 aliphatic rings. The molecule has 1 atom stereocenters.